The SMILES string of the molecule is C=C(S/C(=C\C)C(=O)NC(C)c1ccc(-c2ncnc3cc(-c4cnn(C)c4)[nH]c23)cc1C)C(C)(C)C. The molecular formula is C29H34N6OS. The average molecular weight is 515 g/mol. The number of aryl methyl sites for hydroxylation is 2. The summed E-state index contributed by atoms with van der Waals surface area (Å²) in [6, 6.07) is 8.07. The molecule has 37 heavy (non-hydrogen) atoms. The maximum atomic E-state index is 13.0. The van der Waals surface area contributed by atoms with Gasteiger partial charge < -0.3 is 10.3 Å². The molecule has 192 valence electrons. The molecule has 0 aliphatic heterocycles. The van der Waals surface area contributed by atoms with Gasteiger partial charge in [-0.1, -0.05) is 57.3 Å². The molecule has 1 amide bonds. The number of nitrogens with one attached hydrogen (secondary N) is 2. The van der Waals surface area contributed by atoms with Gasteiger partial charge in [0, 0.05) is 24.4 Å². The molecule has 0 saturated heterocycles. The second-order valence-corrected chi connectivity index (χ2v) is 11.4. The number of rotatable bonds is 7. The summed E-state index contributed by atoms with van der Waals surface area (Å²) in [4.78, 5) is 27.1. The number of aromatic nitrogens is 5. The summed E-state index contributed by atoms with van der Waals surface area (Å²) in [6.07, 6.45) is 7.22. The number of H-pyrrole nitrogens is 1. The van der Waals surface area contributed by atoms with Crippen LogP contribution >= 0.6 is 11.8 Å². The molecule has 7 nitrogen and oxygen atoms in total. The van der Waals surface area contributed by atoms with E-state index in [-0.39, 0.29) is 17.4 Å². The molecule has 1 aromatic carbocycles. The number of aromatic amines is 1. The molecule has 0 aliphatic rings. The first-order chi connectivity index (χ1) is 17.5. The van der Waals surface area contributed by atoms with E-state index in [9.17, 15) is 4.79 Å². The Kier molecular flexibility index (Phi) is 7.41. The third-order valence-electron chi connectivity index (χ3n) is 6.35. The number of benzene rings is 1. The van der Waals surface area contributed by atoms with Gasteiger partial charge in [0.1, 0.15) is 6.33 Å². The van der Waals surface area contributed by atoms with Crippen molar-refractivity contribution in [2.75, 3.05) is 0 Å². The van der Waals surface area contributed by atoms with E-state index in [1.54, 1.807) is 11.0 Å². The fourth-order valence-corrected chi connectivity index (χ4v) is 4.89. The Bertz CT molecular complexity index is 1500. The van der Waals surface area contributed by atoms with Gasteiger partial charge in [0.05, 0.1) is 39.6 Å². The zero-order chi connectivity index (χ0) is 26.9. The maximum absolute atomic E-state index is 13.0. The lowest BCUT2D eigenvalue weighted by atomic mass is 9.97. The number of hydrogen-bond donors (Lipinski definition) is 2. The molecule has 2 N–H and O–H groups in total. The summed E-state index contributed by atoms with van der Waals surface area (Å²) in [5, 5.41) is 7.41. The summed E-state index contributed by atoms with van der Waals surface area (Å²) in [5.41, 5.74) is 7.53. The molecule has 0 fully saturated rings. The topological polar surface area (TPSA) is 88.5 Å². The van der Waals surface area contributed by atoms with Crippen molar-refractivity contribution < 1.29 is 4.79 Å². The zero-order valence-electron chi connectivity index (χ0n) is 22.5. The van der Waals surface area contributed by atoms with Crippen molar-refractivity contribution in [2.45, 2.75) is 47.6 Å². The molecule has 1 atom stereocenters. The van der Waals surface area contributed by atoms with Gasteiger partial charge in [-0.15, -0.1) is 0 Å². The Hall–Kier alpha value is -3.65. The van der Waals surface area contributed by atoms with Crippen LogP contribution in [-0.4, -0.2) is 30.6 Å². The number of allylic oxidation sites excluding steroid dienone is 2. The Balaban J connectivity index is 1.56. The van der Waals surface area contributed by atoms with E-state index in [0.29, 0.717) is 4.91 Å². The smallest absolute Gasteiger partial charge is 0.258 e. The van der Waals surface area contributed by atoms with Crippen molar-refractivity contribution in [1.29, 1.82) is 0 Å². The fourth-order valence-electron chi connectivity index (χ4n) is 4.05. The fraction of sp³-hybridized carbons (Fsp3) is 0.310. The van der Waals surface area contributed by atoms with Gasteiger partial charge in [-0.3, -0.25) is 9.48 Å². The molecule has 3 heterocycles. The predicted molar refractivity (Wildman–Crippen MR) is 153 cm³/mol. The summed E-state index contributed by atoms with van der Waals surface area (Å²) >= 11 is 1.44. The van der Waals surface area contributed by atoms with Crippen LogP contribution in [0.15, 0.2) is 65.5 Å². The highest BCUT2D eigenvalue weighted by Crippen LogP contribution is 2.38. The van der Waals surface area contributed by atoms with Crippen LogP contribution in [0.1, 0.15) is 51.8 Å². The molecule has 0 aliphatic carbocycles. The van der Waals surface area contributed by atoms with Crippen LogP contribution in [0.5, 0.6) is 0 Å². The van der Waals surface area contributed by atoms with E-state index in [0.717, 1.165) is 49.6 Å². The maximum Gasteiger partial charge on any atom is 0.258 e. The number of thioether (sulfide) groups is 1. The predicted octanol–water partition coefficient (Wildman–Crippen LogP) is 6.71. The van der Waals surface area contributed by atoms with Crippen LogP contribution in [0, 0.1) is 12.3 Å². The minimum atomic E-state index is -0.159. The first kappa shape index (κ1) is 26.4. The zero-order valence-corrected chi connectivity index (χ0v) is 23.3. The number of hydrogen-bond acceptors (Lipinski definition) is 5. The van der Waals surface area contributed by atoms with Crippen molar-refractivity contribution in [3.05, 3.63) is 76.6 Å². The molecule has 0 saturated carbocycles. The lowest BCUT2D eigenvalue weighted by Gasteiger charge is -2.23. The minimum absolute atomic E-state index is 0.0818. The van der Waals surface area contributed by atoms with E-state index in [2.05, 4.69) is 71.8 Å². The van der Waals surface area contributed by atoms with Crippen LogP contribution in [0.4, 0.5) is 0 Å². The van der Waals surface area contributed by atoms with Crippen molar-refractivity contribution in [3.8, 4) is 22.5 Å². The third-order valence-corrected chi connectivity index (χ3v) is 7.85. The highest BCUT2D eigenvalue weighted by molar-refractivity contribution is 8.07. The summed E-state index contributed by atoms with van der Waals surface area (Å²) < 4.78 is 1.77. The molecule has 0 spiro atoms. The highest BCUT2D eigenvalue weighted by Gasteiger charge is 2.22. The van der Waals surface area contributed by atoms with Crippen molar-refractivity contribution in [2.24, 2.45) is 12.5 Å². The van der Waals surface area contributed by atoms with Crippen LogP contribution in [0.2, 0.25) is 0 Å². The molecule has 4 aromatic rings. The second kappa shape index (κ2) is 10.4. The monoisotopic (exact) mass is 514 g/mol. The highest BCUT2D eigenvalue weighted by atomic mass is 32.2. The van der Waals surface area contributed by atoms with Gasteiger partial charge in [0.25, 0.3) is 5.91 Å². The van der Waals surface area contributed by atoms with Crippen molar-refractivity contribution >= 4 is 28.7 Å². The van der Waals surface area contributed by atoms with Gasteiger partial charge in [0.15, 0.2) is 0 Å². The van der Waals surface area contributed by atoms with Crippen molar-refractivity contribution in [1.82, 2.24) is 30.0 Å². The quantitative estimate of drug-likeness (QED) is 0.268. The number of carbonyl (C=O) groups excluding carboxylic acids is 1. The van der Waals surface area contributed by atoms with Gasteiger partial charge in [-0.05, 0) is 54.4 Å². The molecule has 8 heteroatoms. The number of fused-ring (bicyclic) bond motifs is 1. The van der Waals surface area contributed by atoms with Crippen LogP contribution in [-0.2, 0) is 11.8 Å². The van der Waals surface area contributed by atoms with E-state index < -0.39 is 0 Å². The molecule has 1 unspecified atom stereocenters. The lowest BCUT2D eigenvalue weighted by molar-refractivity contribution is -0.117. The van der Waals surface area contributed by atoms with E-state index in [1.165, 1.54) is 11.8 Å². The molecule has 3 aromatic heterocycles. The van der Waals surface area contributed by atoms with Crippen LogP contribution in [0.3, 0.4) is 0 Å². The first-order valence-corrected chi connectivity index (χ1v) is 13.1. The lowest BCUT2D eigenvalue weighted by Crippen LogP contribution is -2.28. The number of nitrogens with zero attached hydrogens (tertiary/aromatic N) is 4. The normalized spacial score (nSPS) is 13.1. The summed E-state index contributed by atoms with van der Waals surface area (Å²) in [7, 11) is 1.89. The van der Waals surface area contributed by atoms with E-state index in [1.807, 2.05) is 51.5 Å². The largest absolute Gasteiger partial charge is 0.351 e. The van der Waals surface area contributed by atoms with E-state index in [4.69, 9.17) is 0 Å². The standard InChI is InChI=1S/C29H34N6OS/c1-9-25(37-19(4)29(5,6)7)28(36)33-18(3)22-11-10-20(12-17(22)2)26-27-24(30-16-31-26)13-23(34-27)21-14-32-35(8)15-21/h9-16,18,34H,4H2,1-3,5-8H3,(H,33,36)/b25-9-. The van der Waals surface area contributed by atoms with Gasteiger partial charge >= 0.3 is 0 Å². The van der Waals surface area contributed by atoms with Crippen LogP contribution < -0.4 is 5.32 Å². The summed E-state index contributed by atoms with van der Waals surface area (Å²) in [5.74, 6) is -0.0966. The number of amides is 1. The minimum Gasteiger partial charge on any atom is -0.351 e. The Labute approximate surface area is 222 Å². The Morgan fingerprint density at radius 1 is 1.22 bits per heavy atom. The molecule has 0 bridgehead atoms. The molecule has 4 rings (SSSR count). The molecular weight excluding hydrogens is 480 g/mol. The first-order valence-electron chi connectivity index (χ1n) is 12.3. The second-order valence-electron chi connectivity index (χ2n) is 10.3. The van der Waals surface area contributed by atoms with Gasteiger partial charge in [-0.25, -0.2) is 9.97 Å². The number of carbonyl (C=O) groups is 1. The summed E-state index contributed by atoms with van der Waals surface area (Å²) in [6.45, 7) is 16.4. The molecule has 0 radical (unpaired) electrons. The van der Waals surface area contributed by atoms with Gasteiger partial charge in [0.2, 0.25) is 0 Å². The Morgan fingerprint density at radius 3 is 2.59 bits per heavy atom. The van der Waals surface area contributed by atoms with Gasteiger partial charge in [-0.2, -0.15) is 5.10 Å². The van der Waals surface area contributed by atoms with Crippen LogP contribution in [0.25, 0.3) is 33.5 Å². The average Bonchev–Trinajstić information content (AvgIpc) is 3.47. The third kappa shape index (κ3) is 5.69. The van der Waals surface area contributed by atoms with Crippen molar-refractivity contribution in [3.63, 3.8) is 0 Å². The van der Waals surface area contributed by atoms with E-state index >= 15 is 0 Å². The Morgan fingerprint density at radius 2 is 1.97 bits per heavy atom.